The minimum atomic E-state index is -4.90. The van der Waals surface area contributed by atoms with E-state index >= 15 is 0 Å². The number of hydrogen-bond acceptors (Lipinski definition) is 7. The first-order valence-electron chi connectivity index (χ1n) is 10.4. The highest BCUT2D eigenvalue weighted by Crippen LogP contribution is 2.30. The number of benzene rings is 2. The predicted octanol–water partition coefficient (Wildman–Crippen LogP) is 3.13. The number of pyridine rings is 1. The summed E-state index contributed by atoms with van der Waals surface area (Å²) in [5, 5.41) is 6.94. The molecule has 0 fully saturated rings. The Hall–Kier alpha value is -3.63. The molecule has 9 nitrogen and oxygen atoms in total. The van der Waals surface area contributed by atoms with Crippen LogP contribution < -0.4 is 20.5 Å². The summed E-state index contributed by atoms with van der Waals surface area (Å²) >= 11 is 0. The van der Waals surface area contributed by atoms with E-state index in [1.165, 1.54) is 22.9 Å². The topological polar surface area (TPSA) is 138 Å². The molecule has 2 aromatic carbocycles. The van der Waals surface area contributed by atoms with Gasteiger partial charge in [-0.2, -0.15) is 0 Å². The van der Waals surface area contributed by atoms with Crippen molar-refractivity contribution in [2.75, 3.05) is 11.1 Å². The molecule has 0 aliphatic carbocycles. The molecule has 0 aliphatic rings. The molecule has 0 radical (unpaired) electrons. The third-order valence-corrected chi connectivity index (χ3v) is 5.58. The van der Waals surface area contributed by atoms with Gasteiger partial charge in [0.1, 0.15) is 5.56 Å². The number of phosphoric acid groups is 1. The van der Waals surface area contributed by atoms with E-state index in [2.05, 4.69) is 15.0 Å². The maximum atomic E-state index is 13.8. The van der Waals surface area contributed by atoms with Crippen molar-refractivity contribution in [3.63, 3.8) is 0 Å². The monoisotopic (exact) mass is 502 g/mol. The zero-order valence-corrected chi connectivity index (χ0v) is 19.1. The Morgan fingerprint density at radius 2 is 1.89 bits per heavy atom. The summed E-state index contributed by atoms with van der Waals surface area (Å²) in [6, 6.07) is 16.5. The first-order valence-corrected chi connectivity index (χ1v) is 11.9. The van der Waals surface area contributed by atoms with Gasteiger partial charge in [-0.1, -0.05) is 35.5 Å². The van der Waals surface area contributed by atoms with Crippen LogP contribution in [0.3, 0.4) is 0 Å². The second-order valence-electron chi connectivity index (χ2n) is 7.63. The normalized spacial score (nSPS) is 12.9. The molecule has 35 heavy (non-hydrogen) atoms. The van der Waals surface area contributed by atoms with Gasteiger partial charge in [0.25, 0.3) is 13.6 Å². The van der Waals surface area contributed by atoms with Gasteiger partial charge in [0.15, 0.2) is 24.1 Å². The fraction of sp³-hybridized carbons (Fsp3) is 0.130. The van der Waals surface area contributed by atoms with E-state index in [0.717, 1.165) is 17.2 Å². The molecule has 2 aromatic heterocycles. The van der Waals surface area contributed by atoms with E-state index in [4.69, 9.17) is 15.2 Å². The third kappa shape index (κ3) is 6.28. The first-order chi connectivity index (χ1) is 16.7. The molecule has 0 bridgehead atoms. The summed E-state index contributed by atoms with van der Waals surface area (Å²) in [7, 11) is -4.90. The van der Waals surface area contributed by atoms with Gasteiger partial charge in [-0.05, 0) is 35.4 Å². The average molecular weight is 502 g/mol. The molecule has 0 amide bonds. The largest absolute Gasteiger partial charge is 0.756 e. The fourth-order valence-electron chi connectivity index (χ4n) is 3.36. The lowest BCUT2D eigenvalue weighted by atomic mass is 10.1. The SMILES string of the molecule is Nc1c(-c2cc(Cc3ccc(CNc4cccc(F)c4F)cc3)no2)ccc[n+]1COP(=O)([O-])O. The summed E-state index contributed by atoms with van der Waals surface area (Å²) in [6.07, 6.45) is 1.96. The molecule has 1 unspecified atom stereocenters. The number of anilines is 2. The van der Waals surface area contributed by atoms with Gasteiger partial charge in [0.2, 0.25) is 0 Å². The number of phosphoric ester groups is 1. The molecule has 12 heteroatoms. The van der Waals surface area contributed by atoms with Crippen molar-refractivity contribution in [1.29, 1.82) is 0 Å². The van der Waals surface area contributed by atoms with E-state index in [9.17, 15) is 18.2 Å². The minimum Gasteiger partial charge on any atom is -0.756 e. The van der Waals surface area contributed by atoms with E-state index in [1.807, 2.05) is 24.3 Å². The molecule has 0 saturated carbocycles. The van der Waals surface area contributed by atoms with Gasteiger partial charge >= 0.3 is 0 Å². The fourth-order valence-corrected chi connectivity index (χ4v) is 3.63. The summed E-state index contributed by atoms with van der Waals surface area (Å²) in [4.78, 5) is 19.6. The molecule has 182 valence electrons. The average Bonchev–Trinajstić information content (AvgIpc) is 3.28. The lowest BCUT2D eigenvalue weighted by Crippen LogP contribution is -2.38. The van der Waals surface area contributed by atoms with Gasteiger partial charge in [-0.3, -0.25) is 14.8 Å². The summed E-state index contributed by atoms with van der Waals surface area (Å²) in [5.41, 5.74) is 9.12. The predicted molar refractivity (Wildman–Crippen MR) is 120 cm³/mol. The first kappa shape index (κ1) is 24.5. The van der Waals surface area contributed by atoms with Crippen LogP contribution in [0.2, 0.25) is 0 Å². The Kier molecular flexibility index (Phi) is 7.23. The molecule has 2 heterocycles. The van der Waals surface area contributed by atoms with Gasteiger partial charge in [0.05, 0.1) is 17.6 Å². The molecule has 4 N–H and O–H groups in total. The highest BCUT2D eigenvalue weighted by molar-refractivity contribution is 7.44. The van der Waals surface area contributed by atoms with Gasteiger partial charge in [-0.25, -0.2) is 13.3 Å². The van der Waals surface area contributed by atoms with Crippen molar-refractivity contribution in [3.8, 4) is 11.3 Å². The molecule has 1 atom stereocenters. The summed E-state index contributed by atoms with van der Waals surface area (Å²) < 4.78 is 49.0. The summed E-state index contributed by atoms with van der Waals surface area (Å²) in [6.45, 7) is -0.172. The third-order valence-electron chi connectivity index (χ3n) is 5.14. The van der Waals surface area contributed by atoms with Gasteiger partial charge < -0.3 is 19.6 Å². The van der Waals surface area contributed by atoms with E-state index in [-0.39, 0.29) is 11.5 Å². The van der Waals surface area contributed by atoms with Crippen molar-refractivity contribution < 1.29 is 36.7 Å². The minimum absolute atomic E-state index is 0.0932. The quantitative estimate of drug-likeness (QED) is 0.235. The molecule has 4 aromatic rings. The Morgan fingerprint density at radius 3 is 2.63 bits per heavy atom. The van der Waals surface area contributed by atoms with Gasteiger partial charge in [-0.15, -0.1) is 0 Å². The van der Waals surface area contributed by atoms with Gasteiger partial charge in [0, 0.05) is 19.0 Å². The van der Waals surface area contributed by atoms with Crippen LogP contribution in [0.15, 0.2) is 71.4 Å². The molecule has 4 rings (SSSR count). The number of rotatable bonds is 9. The number of nitrogen functional groups attached to an aromatic ring is 1. The zero-order valence-electron chi connectivity index (χ0n) is 18.2. The van der Waals surface area contributed by atoms with E-state index in [1.54, 1.807) is 18.2 Å². The number of aromatic nitrogens is 2. The van der Waals surface area contributed by atoms with Crippen LogP contribution in [0.25, 0.3) is 11.3 Å². The Bertz CT molecular complexity index is 1370. The molecule has 0 spiro atoms. The summed E-state index contributed by atoms with van der Waals surface area (Å²) in [5.74, 6) is -1.28. The number of halogens is 2. The van der Waals surface area contributed by atoms with Crippen LogP contribution in [0, 0.1) is 11.6 Å². The highest BCUT2D eigenvalue weighted by atomic mass is 31.2. The second-order valence-corrected chi connectivity index (χ2v) is 8.83. The number of nitrogens with one attached hydrogen (secondary N) is 1. The van der Waals surface area contributed by atoms with Crippen LogP contribution in [-0.2, 0) is 28.8 Å². The van der Waals surface area contributed by atoms with E-state index < -0.39 is 26.2 Å². The molecule has 0 aliphatic heterocycles. The number of hydrogen-bond donors (Lipinski definition) is 3. The van der Waals surface area contributed by atoms with Crippen LogP contribution in [0.1, 0.15) is 16.8 Å². The van der Waals surface area contributed by atoms with Crippen LogP contribution >= 0.6 is 7.82 Å². The maximum Gasteiger partial charge on any atom is 0.285 e. The Labute approximate surface area is 199 Å². The zero-order chi connectivity index (χ0) is 25.0. The lowest BCUT2D eigenvalue weighted by molar-refractivity contribution is -0.712. The van der Waals surface area contributed by atoms with Crippen LogP contribution in [0.5, 0.6) is 0 Å². The van der Waals surface area contributed by atoms with E-state index in [0.29, 0.717) is 30.0 Å². The smallest absolute Gasteiger partial charge is 0.285 e. The van der Waals surface area contributed by atoms with Crippen molar-refractivity contribution in [3.05, 3.63) is 95.3 Å². The lowest BCUT2D eigenvalue weighted by Gasteiger charge is -2.14. The standard InChI is InChI=1S/C23H21F2N4O5P/c24-19-4-1-5-20(22(19)25)27-13-16-8-6-15(7-9-16)11-17-12-21(34-28-17)18-3-2-10-29(23(18)26)14-33-35(30,31)32/h1-10,12,26-27H,11,13-14H2,(H2,30,31,32). The van der Waals surface area contributed by atoms with Crippen LogP contribution in [-0.4, -0.2) is 10.1 Å². The van der Waals surface area contributed by atoms with Crippen molar-refractivity contribution in [1.82, 2.24) is 5.16 Å². The van der Waals surface area contributed by atoms with Crippen molar-refractivity contribution in [2.45, 2.75) is 19.7 Å². The van der Waals surface area contributed by atoms with Crippen molar-refractivity contribution >= 4 is 19.3 Å². The van der Waals surface area contributed by atoms with Crippen LogP contribution in [0.4, 0.5) is 20.3 Å². The maximum absolute atomic E-state index is 13.8. The molecular formula is C23H21F2N4O5P. The second kappa shape index (κ2) is 10.3. The van der Waals surface area contributed by atoms with Crippen molar-refractivity contribution in [2.24, 2.45) is 0 Å². The number of nitrogens with two attached hydrogens (primary N) is 1. The Morgan fingerprint density at radius 1 is 1.14 bits per heavy atom. The molecule has 0 saturated heterocycles. The highest BCUT2D eigenvalue weighted by Gasteiger charge is 2.18. The Balaban J connectivity index is 1.40. The molecular weight excluding hydrogens is 481 g/mol. The number of nitrogens with zero attached hydrogens (tertiary/aromatic N) is 2.